The molecule has 5 nitrogen and oxygen atoms in total. The third-order valence-corrected chi connectivity index (χ3v) is 10.4. The van der Waals surface area contributed by atoms with Gasteiger partial charge < -0.3 is 23.7 Å². The standard InChI is InChI=1S/C37H56O5S/c1-5-8-20-39-27-34-28(4)35(40-21-9-6-2)36(41-22-10-7-3)37(43-34)31-13-11-12-30(26-31)25-29-14-16-32(17-15-29)42-33-18-23-38-24-19-33/h11-17,26,28,33-37H,5-10,18-25,27H2,1-4H3/t28-,34-,35+,36-,37+/m1/s1. The summed E-state index contributed by atoms with van der Waals surface area (Å²) in [6.07, 6.45) is 9.83. The van der Waals surface area contributed by atoms with E-state index in [4.69, 9.17) is 23.7 Å². The summed E-state index contributed by atoms with van der Waals surface area (Å²) in [6.45, 7) is 13.8. The van der Waals surface area contributed by atoms with Crippen molar-refractivity contribution in [3.8, 4) is 5.75 Å². The van der Waals surface area contributed by atoms with Crippen molar-refractivity contribution in [3.63, 3.8) is 0 Å². The Bertz CT molecular complexity index is 1020. The predicted molar refractivity (Wildman–Crippen MR) is 178 cm³/mol. The van der Waals surface area contributed by atoms with Crippen molar-refractivity contribution in [2.24, 2.45) is 5.92 Å². The van der Waals surface area contributed by atoms with Gasteiger partial charge in [0, 0.05) is 37.9 Å². The Kier molecular flexibility index (Phi) is 15.2. The highest BCUT2D eigenvalue weighted by Crippen LogP contribution is 2.48. The summed E-state index contributed by atoms with van der Waals surface area (Å²) in [5, 5.41) is 0.570. The van der Waals surface area contributed by atoms with Crippen LogP contribution in [0.5, 0.6) is 5.75 Å². The maximum atomic E-state index is 6.72. The first-order valence-corrected chi connectivity index (χ1v) is 18.0. The minimum Gasteiger partial charge on any atom is -0.490 e. The molecule has 0 radical (unpaired) electrons. The van der Waals surface area contributed by atoms with Crippen molar-refractivity contribution < 1.29 is 23.7 Å². The smallest absolute Gasteiger partial charge is 0.119 e. The van der Waals surface area contributed by atoms with Crippen molar-refractivity contribution in [3.05, 3.63) is 65.2 Å². The van der Waals surface area contributed by atoms with Crippen molar-refractivity contribution in [2.45, 2.75) is 114 Å². The van der Waals surface area contributed by atoms with Crippen molar-refractivity contribution >= 4 is 11.8 Å². The summed E-state index contributed by atoms with van der Waals surface area (Å²) < 4.78 is 31.3. The Hall–Kier alpha value is -1.57. The lowest BCUT2D eigenvalue weighted by Crippen LogP contribution is -2.49. The monoisotopic (exact) mass is 612 g/mol. The van der Waals surface area contributed by atoms with Crippen LogP contribution in [0, 0.1) is 5.92 Å². The zero-order chi connectivity index (χ0) is 30.3. The van der Waals surface area contributed by atoms with Gasteiger partial charge >= 0.3 is 0 Å². The van der Waals surface area contributed by atoms with E-state index in [0.29, 0.717) is 11.2 Å². The number of unbranched alkanes of at least 4 members (excludes halogenated alkanes) is 3. The minimum absolute atomic E-state index is 0.0205. The Labute approximate surface area is 265 Å². The zero-order valence-electron chi connectivity index (χ0n) is 27.1. The average Bonchev–Trinajstić information content (AvgIpc) is 3.03. The van der Waals surface area contributed by atoms with E-state index in [2.05, 4.69) is 76.2 Å². The van der Waals surface area contributed by atoms with Crippen LogP contribution in [0.2, 0.25) is 0 Å². The molecule has 0 saturated carbocycles. The Morgan fingerprint density at radius 3 is 2.16 bits per heavy atom. The van der Waals surface area contributed by atoms with Crippen LogP contribution in [0.1, 0.15) is 101 Å². The van der Waals surface area contributed by atoms with Crippen LogP contribution in [0.3, 0.4) is 0 Å². The fourth-order valence-electron chi connectivity index (χ4n) is 5.92. The number of hydrogen-bond donors (Lipinski definition) is 0. The topological polar surface area (TPSA) is 46.2 Å². The molecule has 2 aromatic rings. The lowest BCUT2D eigenvalue weighted by molar-refractivity contribution is -0.104. The van der Waals surface area contributed by atoms with Crippen LogP contribution in [0.25, 0.3) is 0 Å². The largest absolute Gasteiger partial charge is 0.490 e. The summed E-state index contributed by atoms with van der Waals surface area (Å²) in [6, 6.07) is 17.8. The van der Waals surface area contributed by atoms with Gasteiger partial charge in [0.15, 0.2) is 0 Å². The van der Waals surface area contributed by atoms with Gasteiger partial charge in [-0.15, -0.1) is 11.8 Å². The summed E-state index contributed by atoms with van der Waals surface area (Å²) in [5.41, 5.74) is 3.94. The van der Waals surface area contributed by atoms with Gasteiger partial charge in [-0.05, 0) is 60.4 Å². The molecule has 2 aliphatic rings. The number of rotatable bonds is 18. The number of thioether (sulfide) groups is 1. The first-order chi connectivity index (χ1) is 21.1. The van der Waals surface area contributed by atoms with Gasteiger partial charge in [0.2, 0.25) is 0 Å². The Morgan fingerprint density at radius 1 is 0.791 bits per heavy atom. The summed E-state index contributed by atoms with van der Waals surface area (Å²) >= 11 is 2.04. The number of ether oxygens (including phenoxy) is 5. The molecule has 4 rings (SSSR count). The third-order valence-electron chi connectivity index (χ3n) is 8.67. The van der Waals surface area contributed by atoms with Gasteiger partial charge in [-0.2, -0.15) is 0 Å². The van der Waals surface area contributed by atoms with Crippen molar-refractivity contribution in [1.29, 1.82) is 0 Å². The van der Waals surface area contributed by atoms with Gasteiger partial charge in [0.05, 0.1) is 37.3 Å². The number of hydrogen-bond acceptors (Lipinski definition) is 6. The second-order valence-electron chi connectivity index (χ2n) is 12.3. The molecule has 5 atom stereocenters. The Balaban J connectivity index is 1.50. The van der Waals surface area contributed by atoms with Gasteiger partial charge in [-0.1, -0.05) is 83.4 Å². The van der Waals surface area contributed by atoms with Crippen LogP contribution in [-0.2, 0) is 25.4 Å². The third kappa shape index (κ3) is 10.8. The second kappa shape index (κ2) is 19.1. The van der Waals surface area contributed by atoms with E-state index in [-0.39, 0.29) is 23.6 Å². The van der Waals surface area contributed by atoms with Gasteiger partial charge in [0.1, 0.15) is 11.9 Å². The molecule has 0 spiro atoms. The highest BCUT2D eigenvalue weighted by atomic mass is 32.2. The molecule has 0 aromatic heterocycles. The second-order valence-corrected chi connectivity index (χ2v) is 13.6. The zero-order valence-corrected chi connectivity index (χ0v) is 28.0. The van der Waals surface area contributed by atoms with Gasteiger partial charge in [-0.25, -0.2) is 0 Å². The highest BCUT2D eigenvalue weighted by molar-refractivity contribution is 8.00. The SMILES string of the molecule is CCCCOC[C@H]1S[C@@H](c2cccc(Cc3ccc(OC4CCOCC4)cc3)c2)[C@H](OCCCC)[C@@H](OCCCC)[C@@H]1C. The van der Waals surface area contributed by atoms with Gasteiger partial charge in [0.25, 0.3) is 0 Å². The Morgan fingerprint density at radius 2 is 1.47 bits per heavy atom. The fourth-order valence-corrected chi connectivity index (χ4v) is 7.57. The molecule has 2 aromatic carbocycles. The molecule has 2 heterocycles. The van der Waals surface area contributed by atoms with Crippen LogP contribution < -0.4 is 4.74 Å². The molecule has 43 heavy (non-hydrogen) atoms. The van der Waals surface area contributed by atoms with E-state index in [1.54, 1.807) is 0 Å². The first kappa shape index (κ1) is 34.3. The number of benzene rings is 2. The highest BCUT2D eigenvalue weighted by Gasteiger charge is 2.45. The van der Waals surface area contributed by atoms with E-state index < -0.39 is 0 Å². The lowest BCUT2D eigenvalue weighted by Gasteiger charge is -2.45. The predicted octanol–water partition coefficient (Wildman–Crippen LogP) is 8.82. The van der Waals surface area contributed by atoms with Crippen molar-refractivity contribution in [1.82, 2.24) is 0 Å². The molecular weight excluding hydrogens is 556 g/mol. The first-order valence-electron chi connectivity index (χ1n) is 17.0. The summed E-state index contributed by atoms with van der Waals surface area (Å²) in [7, 11) is 0. The van der Waals surface area contributed by atoms with Crippen LogP contribution in [0.4, 0.5) is 0 Å². The van der Waals surface area contributed by atoms with E-state index in [0.717, 1.165) is 103 Å². The lowest BCUT2D eigenvalue weighted by atomic mass is 9.90. The summed E-state index contributed by atoms with van der Waals surface area (Å²) in [5.74, 6) is 1.31. The average molecular weight is 613 g/mol. The molecular formula is C37H56O5S. The minimum atomic E-state index is 0.0205. The van der Waals surface area contributed by atoms with E-state index in [9.17, 15) is 0 Å². The fraction of sp³-hybridized carbons (Fsp3) is 0.676. The normalized spacial score (nSPS) is 24.7. The molecule has 0 aliphatic carbocycles. The summed E-state index contributed by atoms with van der Waals surface area (Å²) in [4.78, 5) is 0. The molecule has 2 aliphatic heterocycles. The maximum absolute atomic E-state index is 6.72. The van der Waals surface area contributed by atoms with E-state index in [1.165, 1.54) is 16.7 Å². The molecule has 2 saturated heterocycles. The molecule has 0 N–H and O–H groups in total. The molecule has 240 valence electrons. The molecule has 6 heteroatoms. The van der Waals surface area contributed by atoms with Crippen LogP contribution in [0.15, 0.2) is 48.5 Å². The van der Waals surface area contributed by atoms with Crippen LogP contribution in [-0.4, -0.2) is 63.2 Å². The molecule has 0 unspecified atom stereocenters. The maximum Gasteiger partial charge on any atom is 0.119 e. The van der Waals surface area contributed by atoms with E-state index >= 15 is 0 Å². The molecule has 0 amide bonds. The van der Waals surface area contributed by atoms with Crippen LogP contribution >= 0.6 is 11.8 Å². The quantitative estimate of drug-likeness (QED) is 0.157. The van der Waals surface area contributed by atoms with Gasteiger partial charge in [-0.3, -0.25) is 0 Å². The molecule has 2 fully saturated rings. The van der Waals surface area contributed by atoms with E-state index in [1.807, 2.05) is 11.8 Å². The molecule has 0 bridgehead atoms. The van der Waals surface area contributed by atoms with Crippen molar-refractivity contribution in [2.75, 3.05) is 39.6 Å².